The van der Waals surface area contributed by atoms with Gasteiger partial charge in [0.25, 0.3) is 5.91 Å². The van der Waals surface area contributed by atoms with Gasteiger partial charge in [-0.15, -0.1) is 5.10 Å². The molecule has 2 aromatic carbocycles. The van der Waals surface area contributed by atoms with E-state index in [9.17, 15) is 4.79 Å². The molecule has 0 aliphatic carbocycles. The summed E-state index contributed by atoms with van der Waals surface area (Å²) in [6.07, 6.45) is 1.49. The van der Waals surface area contributed by atoms with Crippen molar-refractivity contribution in [3.63, 3.8) is 0 Å². The molecular formula is C16H14ClN5O3. The molecule has 0 bridgehead atoms. The lowest BCUT2D eigenvalue weighted by molar-refractivity contribution is 0.102. The maximum absolute atomic E-state index is 12.4. The number of nitrogens with zero attached hydrogens (tertiary/aromatic N) is 4. The molecule has 1 amide bonds. The molecule has 0 aliphatic heterocycles. The molecule has 0 aliphatic rings. The van der Waals surface area contributed by atoms with Crippen LogP contribution < -0.4 is 14.8 Å². The molecule has 128 valence electrons. The fourth-order valence-electron chi connectivity index (χ4n) is 2.23. The summed E-state index contributed by atoms with van der Waals surface area (Å²) < 4.78 is 11.9. The van der Waals surface area contributed by atoms with E-state index in [1.807, 2.05) is 0 Å². The van der Waals surface area contributed by atoms with E-state index in [1.54, 1.807) is 30.3 Å². The van der Waals surface area contributed by atoms with Gasteiger partial charge in [0.1, 0.15) is 6.33 Å². The molecule has 8 nitrogen and oxygen atoms in total. The fraction of sp³-hybridized carbons (Fsp3) is 0.125. The first-order valence-electron chi connectivity index (χ1n) is 7.18. The number of carbonyl (C=O) groups excluding carboxylic acids is 1. The average molecular weight is 360 g/mol. The smallest absolute Gasteiger partial charge is 0.255 e. The third kappa shape index (κ3) is 3.53. The van der Waals surface area contributed by atoms with E-state index in [-0.39, 0.29) is 5.91 Å². The van der Waals surface area contributed by atoms with Gasteiger partial charge in [-0.3, -0.25) is 4.79 Å². The SMILES string of the molecule is COc1cc(C(=O)Nc2ccc(-n3cnnn3)cc2)cc(Cl)c1OC. The van der Waals surface area contributed by atoms with Crippen LogP contribution >= 0.6 is 11.6 Å². The van der Waals surface area contributed by atoms with Gasteiger partial charge in [-0.2, -0.15) is 0 Å². The lowest BCUT2D eigenvalue weighted by atomic mass is 10.1. The van der Waals surface area contributed by atoms with Crippen molar-refractivity contribution in [2.24, 2.45) is 0 Å². The second kappa shape index (κ2) is 7.18. The van der Waals surface area contributed by atoms with Gasteiger partial charge in [0.2, 0.25) is 0 Å². The summed E-state index contributed by atoms with van der Waals surface area (Å²) in [4.78, 5) is 12.4. The number of amides is 1. The zero-order chi connectivity index (χ0) is 17.8. The quantitative estimate of drug-likeness (QED) is 0.752. The number of anilines is 1. The van der Waals surface area contributed by atoms with Crippen LogP contribution in [0, 0.1) is 0 Å². The monoisotopic (exact) mass is 359 g/mol. The number of tetrazole rings is 1. The van der Waals surface area contributed by atoms with Crippen molar-refractivity contribution in [3.8, 4) is 17.2 Å². The van der Waals surface area contributed by atoms with Gasteiger partial charge in [-0.05, 0) is 46.8 Å². The Bertz CT molecular complexity index is 882. The fourth-order valence-corrected chi connectivity index (χ4v) is 2.52. The molecule has 0 atom stereocenters. The van der Waals surface area contributed by atoms with Crippen LogP contribution in [0.25, 0.3) is 5.69 Å². The Morgan fingerprint density at radius 1 is 1.16 bits per heavy atom. The van der Waals surface area contributed by atoms with Crippen LogP contribution in [-0.4, -0.2) is 40.3 Å². The summed E-state index contributed by atoms with van der Waals surface area (Å²) in [5.41, 5.74) is 1.75. The zero-order valence-electron chi connectivity index (χ0n) is 13.4. The van der Waals surface area contributed by atoms with Crippen molar-refractivity contribution < 1.29 is 14.3 Å². The first-order chi connectivity index (χ1) is 12.1. The Hall–Kier alpha value is -3.13. The Morgan fingerprint density at radius 2 is 1.92 bits per heavy atom. The number of hydrogen-bond donors (Lipinski definition) is 1. The minimum atomic E-state index is -0.321. The number of nitrogens with one attached hydrogen (secondary N) is 1. The number of carbonyl (C=O) groups is 1. The van der Waals surface area contributed by atoms with E-state index in [2.05, 4.69) is 20.8 Å². The van der Waals surface area contributed by atoms with Gasteiger partial charge in [0.05, 0.1) is 24.9 Å². The van der Waals surface area contributed by atoms with Crippen LogP contribution in [0.1, 0.15) is 10.4 Å². The predicted molar refractivity (Wildman–Crippen MR) is 91.7 cm³/mol. The highest BCUT2D eigenvalue weighted by molar-refractivity contribution is 6.32. The number of methoxy groups -OCH3 is 2. The normalized spacial score (nSPS) is 10.4. The van der Waals surface area contributed by atoms with E-state index in [0.717, 1.165) is 5.69 Å². The number of halogens is 1. The van der Waals surface area contributed by atoms with Gasteiger partial charge in [-0.25, -0.2) is 4.68 Å². The number of ether oxygens (including phenoxy) is 2. The summed E-state index contributed by atoms with van der Waals surface area (Å²) in [5, 5.41) is 14.0. The van der Waals surface area contributed by atoms with Crippen LogP contribution in [0.4, 0.5) is 5.69 Å². The van der Waals surface area contributed by atoms with Gasteiger partial charge in [0.15, 0.2) is 11.5 Å². The van der Waals surface area contributed by atoms with Crippen molar-refractivity contribution in [2.45, 2.75) is 0 Å². The highest BCUT2D eigenvalue weighted by atomic mass is 35.5. The van der Waals surface area contributed by atoms with Crippen LogP contribution in [0.15, 0.2) is 42.7 Å². The van der Waals surface area contributed by atoms with E-state index in [0.29, 0.717) is 27.8 Å². The topological polar surface area (TPSA) is 91.2 Å². The molecule has 1 N–H and O–H groups in total. The Labute approximate surface area is 148 Å². The van der Waals surface area contributed by atoms with Crippen molar-refractivity contribution >= 4 is 23.2 Å². The minimum absolute atomic E-state index is 0.293. The molecule has 9 heteroatoms. The standard InChI is InChI=1S/C16H14ClN5O3/c1-24-14-8-10(7-13(17)15(14)25-2)16(23)19-11-3-5-12(6-4-11)22-9-18-20-21-22/h3-9H,1-2H3,(H,19,23). The maximum atomic E-state index is 12.4. The van der Waals surface area contributed by atoms with E-state index >= 15 is 0 Å². The summed E-state index contributed by atoms with van der Waals surface area (Å²) in [7, 11) is 2.96. The molecule has 1 heterocycles. The van der Waals surface area contributed by atoms with Crippen molar-refractivity contribution in [2.75, 3.05) is 19.5 Å². The number of rotatable bonds is 5. The number of benzene rings is 2. The molecule has 0 fully saturated rings. The second-order valence-corrected chi connectivity index (χ2v) is 5.36. The molecule has 0 saturated carbocycles. The van der Waals surface area contributed by atoms with Crippen molar-refractivity contribution in [1.82, 2.24) is 20.2 Å². The summed E-state index contributed by atoms with van der Waals surface area (Å²) in [5.74, 6) is 0.443. The molecule has 0 unspecified atom stereocenters. The largest absolute Gasteiger partial charge is 0.493 e. The molecule has 0 spiro atoms. The zero-order valence-corrected chi connectivity index (χ0v) is 14.2. The molecule has 3 aromatic rings. The Balaban J connectivity index is 1.79. The second-order valence-electron chi connectivity index (χ2n) is 4.95. The van der Waals surface area contributed by atoms with E-state index in [1.165, 1.54) is 31.3 Å². The first-order valence-corrected chi connectivity index (χ1v) is 7.56. The minimum Gasteiger partial charge on any atom is -0.493 e. The van der Waals surface area contributed by atoms with Gasteiger partial charge >= 0.3 is 0 Å². The Kier molecular flexibility index (Phi) is 4.80. The van der Waals surface area contributed by atoms with Gasteiger partial charge in [0, 0.05) is 11.3 Å². The molecule has 0 saturated heterocycles. The van der Waals surface area contributed by atoms with Crippen LogP contribution in [-0.2, 0) is 0 Å². The van der Waals surface area contributed by atoms with E-state index < -0.39 is 0 Å². The number of aromatic nitrogens is 4. The average Bonchev–Trinajstić information content (AvgIpc) is 3.16. The molecule has 0 radical (unpaired) electrons. The van der Waals surface area contributed by atoms with Crippen LogP contribution in [0.2, 0.25) is 5.02 Å². The third-order valence-electron chi connectivity index (χ3n) is 3.43. The number of hydrogen-bond acceptors (Lipinski definition) is 6. The van der Waals surface area contributed by atoms with Gasteiger partial charge < -0.3 is 14.8 Å². The first kappa shape index (κ1) is 16.7. The maximum Gasteiger partial charge on any atom is 0.255 e. The van der Waals surface area contributed by atoms with Crippen molar-refractivity contribution in [1.29, 1.82) is 0 Å². The van der Waals surface area contributed by atoms with Gasteiger partial charge in [-0.1, -0.05) is 11.6 Å². The summed E-state index contributed by atoms with van der Waals surface area (Å²) in [6, 6.07) is 10.2. The molecule has 3 rings (SSSR count). The summed E-state index contributed by atoms with van der Waals surface area (Å²) in [6.45, 7) is 0. The molecule has 25 heavy (non-hydrogen) atoms. The third-order valence-corrected chi connectivity index (χ3v) is 3.72. The molecule has 1 aromatic heterocycles. The highest BCUT2D eigenvalue weighted by Crippen LogP contribution is 2.36. The Morgan fingerprint density at radius 3 is 2.52 bits per heavy atom. The van der Waals surface area contributed by atoms with E-state index in [4.69, 9.17) is 21.1 Å². The summed E-state index contributed by atoms with van der Waals surface area (Å²) >= 11 is 6.13. The van der Waals surface area contributed by atoms with Crippen molar-refractivity contribution in [3.05, 3.63) is 53.3 Å². The highest BCUT2D eigenvalue weighted by Gasteiger charge is 2.15. The van der Waals surface area contributed by atoms with Crippen LogP contribution in [0.3, 0.4) is 0 Å². The van der Waals surface area contributed by atoms with Crippen LogP contribution in [0.5, 0.6) is 11.5 Å². The lowest BCUT2D eigenvalue weighted by Crippen LogP contribution is -2.12. The predicted octanol–water partition coefficient (Wildman–Crippen LogP) is 2.59. The lowest BCUT2D eigenvalue weighted by Gasteiger charge is -2.12. The molecular weight excluding hydrogens is 346 g/mol.